The first kappa shape index (κ1) is 13.5. The van der Waals surface area contributed by atoms with Gasteiger partial charge in [-0.05, 0) is 18.6 Å². The zero-order chi connectivity index (χ0) is 13.7. The molecule has 0 aliphatic heterocycles. The van der Waals surface area contributed by atoms with Crippen LogP contribution < -0.4 is 10.2 Å². The lowest BCUT2D eigenvalue weighted by molar-refractivity contribution is 0.0992. The van der Waals surface area contributed by atoms with Gasteiger partial charge >= 0.3 is 0 Å². The van der Waals surface area contributed by atoms with Crippen LogP contribution in [0.2, 0.25) is 0 Å². The van der Waals surface area contributed by atoms with Crippen molar-refractivity contribution in [1.82, 2.24) is 10.2 Å². The molecule has 2 aromatic rings. The van der Waals surface area contributed by atoms with Gasteiger partial charge in [0.25, 0.3) is 5.91 Å². The summed E-state index contributed by atoms with van der Waals surface area (Å²) in [5.41, 5.74) is 0.839. The maximum absolute atomic E-state index is 12.2. The molecule has 0 aliphatic carbocycles. The highest BCUT2D eigenvalue weighted by atomic mass is 32.1. The van der Waals surface area contributed by atoms with Crippen LogP contribution in [-0.4, -0.2) is 29.7 Å². The molecule has 1 aromatic heterocycles. The molecule has 19 heavy (non-hydrogen) atoms. The van der Waals surface area contributed by atoms with Gasteiger partial charge in [-0.1, -0.05) is 36.5 Å². The standard InChI is InChI=1S/C13H16N4OS/c1-3-9-14-13-16-15-11(19-13)12(18)17(2)10-7-5-4-6-8-10/h4-8H,3,9H2,1-2H3,(H,14,16). The molecule has 0 saturated carbocycles. The van der Waals surface area contributed by atoms with Crippen molar-refractivity contribution < 1.29 is 4.79 Å². The summed E-state index contributed by atoms with van der Waals surface area (Å²) in [5, 5.41) is 12.1. The summed E-state index contributed by atoms with van der Waals surface area (Å²) < 4.78 is 0. The van der Waals surface area contributed by atoms with Gasteiger partial charge in [-0.15, -0.1) is 10.2 Å². The lowest BCUT2D eigenvalue weighted by atomic mass is 10.3. The highest BCUT2D eigenvalue weighted by Gasteiger charge is 2.18. The quantitative estimate of drug-likeness (QED) is 0.912. The summed E-state index contributed by atoms with van der Waals surface area (Å²) in [7, 11) is 1.73. The predicted octanol–water partition coefficient (Wildman–Crippen LogP) is 2.64. The Morgan fingerprint density at radius 2 is 2.05 bits per heavy atom. The molecule has 0 bridgehead atoms. The highest BCUT2D eigenvalue weighted by molar-refractivity contribution is 7.17. The van der Waals surface area contributed by atoms with Crippen LogP contribution >= 0.6 is 11.3 Å². The number of aromatic nitrogens is 2. The van der Waals surface area contributed by atoms with E-state index in [9.17, 15) is 4.79 Å². The topological polar surface area (TPSA) is 58.1 Å². The first-order valence-electron chi connectivity index (χ1n) is 6.13. The molecule has 0 saturated heterocycles. The Morgan fingerprint density at radius 3 is 2.74 bits per heavy atom. The Labute approximate surface area is 116 Å². The fraction of sp³-hybridized carbons (Fsp3) is 0.308. The minimum atomic E-state index is -0.145. The van der Waals surface area contributed by atoms with Crippen LogP contribution in [0.15, 0.2) is 30.3 Å². The van der Waals surface area contributed by atoms with Gasteiger partial charge in [0.05, 0.1) is 0 Å². The van der Waals surface area contributed by atoms with Crippen LogP contribution in [0.4, 0.5) is 10.8 Å². The number of amides is 1. The van der Waals surface area contributed by atoms with E-state index in [0.717, 1.165) is 18.7 Å². The van der Waals surface area contributed by atoms with Crippen molar-refractivity contribution in [1.29, 1.82) is 0 Å². The average Bonchev–Trinajstić information content (AvgIpc) is 2.93. The van der Waals surface area contributed by atoms with E-state index in [4.69, 9.17) is 0 Å². The van der Waals surface area contributed by atoms with Crippen LogP contribution in [0.5, 0.6) is 0 Å². The monoisotopic (exact) mass is 276 g/mol. The number of nitrogens with zero attached hydrogens (tertiary/aromatic N) is 3. The van der Waals surface area contributed by atoms with Gasteiger partial charge in [0, 0.05) is 19.3 Å². The van der Waals surface area contributed by atoms with E-state index in [0.29, 0.717) is 10.1 Å². The van der Waals surface area contributed by atoms with Crippen molar-refractivity contribution in [3.05, 3.63) is 35.3 Å². The molecule has 0 unspecified atom stereocenters. The van der Waals surface area contributed by atoms with Crippen molar-refractivity contribution in [3.63, 3.8) is 0 Å². The second kappa shape index (κ2) is 6.29. The predicted molar refractivity (Wildman–Crippen MR) is 77.9 cm³/mol. The number of carbonyl (C=O) groups is 1. The zero-order valence-corrected chi connectivity index (χ0v) is 11.8. The third-order valence-electron chi connectivity index (χ3n) is 2.58. The number of hydrogen-bond donors (Lipinski definition) is 1. The molecular formula is C13H16N4OS. The largest absolute Gasteiger partial charge is 0.360 e. The molecule has 0 aliphatic rings. The van der Waals surface area contributed by atoms with E-state index in [1.54, 1.807) is 11.9 Å². The van der Waals surface area contributed by atoms with Gasteiger partial charge in [0.15, 0.2) is 0 Å². The Kier molecular flexibility index (Phi) is 4.46. The minimum Gasteiger partial charge on any atom is -0.360 e. The summed E-state index contributed by atoms with van der Waals surface area (Å²) in [6.45, 7) is 2.90. The van der Waals surface area contributed by atoms with E-state index in [1.165, 1.54) is 11.3 Å². The smallest absolute Gasteiger partial charge is 0.289 e. The molecular weight excluding hydrogens is 260 g/mol. The molecule has 6 heteroatoms. The molecule has 0 radical (unpaired) electrons. The molecule has 2 rings (SSSR count). The molecule has 5 nitrogen and oxygen atoms in total. The average molecular weight is 276 g/mol. The van der Waals surface area contributed by atoms with E-state index in [2.05, 4.69) is 22.4 Å². The highest BCUT2D eigenvalue weighted by Crippen LogP contribution is 2.19. The van der Waals surface area contributed by atoms with Gasteiger partial charge < -0.3 is 10.2 Å². The van der Waals surface area contributed by atoms with Gasteiger partial charge in [0.2, 0.25) is 10.1 Å². The van der Waals surface area contributed by atoms with Crippen LogP contribution in [0.3, 0.4) is 0 Å². The maximum atomic E-state index is 12.2. The lowest BCUT2D eigenvalue weighted by Crippen LogP contribution is -2.25. The molecule has 0 atom stereocenters. The molecule has 0 spiro atoms. The third-order valence-corrected chi connectivity index (χ3v) is 3.45. The van der Waals surface area contributed by atoms with Gasteiger partial charge in [-0.3, -0.25) is 4.79 Å². The summed E-state index contributed by atoms with van der Waals surface area (Å²) in [6.07, 6.45) is 1.01. The van der Waals surface area contributed by atoms with Crippen LogP contribution in [0, 0.1) is 0 Å². The first-order chi connectivity index (χ1) is 9.22. The fourth-order valence-corrected chi connectivity index (χ4v) is 2.27. The van der Waals surface area contributed by atoms with E-state index < -0.39 is 0 Å². The second-order valence-electron chi connectivity index (χ2n) is 4.04. The van der Waals surface area contributed by atoms with E-state index in [-0.39, 0.29) is 5.91 Å². The number of para-hydroxylation sites is 1. The Balaban J connectivity index is 2.09. The number of carbonyl (C=O) groups excluding carboxylic acids is 1. The minimum absolute atomic E-state index is 0.145. The molecule has 1 N–H and O–H groups in total. The SMILES string of the molecule is CCCNc1nnc(C(=O)N(C)c2ccccc2)s1. The Hall–Kier alpha value is -1.95. The normalized spacial score (nSPS) is 10.2. The summed E-state index contributed by atoms with van der Waals surface area (Å²) in [6, 6.07) is 9.48. The number of benzene rings is 1. The summed E-state index contributed by atoms with van der Waals surface area (Å²) in [4.78, 5) is 13.8. The molecule has 1 aromatic carbocycles. The van der Waals surface area contributed by atoms with Gasteiger partial charge in [0.1, 0.15) is 0 Å². The molecule has 0 fully saturated rings. The summed E-state index contributed by atoms with van der Waals surface area (Å²) in [5.74, 6) is -0.145. The number of nitrogens with one attached hydrogen (secondary N) is 1. The maximum Gasteiger partial charge on any atom is 0.289 e. The first-order valence-corrected chi connectivity index (χ1v) is 6.94. The van der Waals surface area contributed by atoms with Crippen molar-refractivity contribution in [3.8, 4) is 0 Å². The van der Waals surface area contributed by atoms with Crippen molar-refractivity contribution in [2.75, 3.05) is 23.8 Å². The van der Waals surface area contributed by atoms with E-state index >= 15 is 0 Å². The molecule has 100 valence electrons. The van der Waals surface area contributed by atoms with Crippen LogP contribution in [0.25, 0.3) is 0 Å². The second-order valence-corrected chi connectivity index (χ2v) is 5.02. The fourth-order valence-electron chi connectivity index (χ4n) is 1.53. The third kappa shape index (κ3) is 3.29. The Bertz CT molecular complexity index is 541. The number of rotatable bonds is 5. The molecule has 1 heterocycles. The summed E-state index contributed by atoms with van der Waals surface area (Å²) >= 11 is 1.28. The van der Waals surface area contributed by atoms with Crippen LogP contribution in [0.1, 0.15) is 23.1 Å². The van der Waals surface area contributed by atoms with Gasteiger partial charge in [-0.2, -0.15) is 0 Å². The number of anilines is 2. The number of hydrogen-bond acceptors (Lipinski definition) is 5. The molecule has 1 amide bonds. The van der Waals surface area contributed by atoms with Crippen molar-refractivity contribution in [2.24, 2.45) is 0 Å². The van der Waals surface area contributed by atoms with Gasteiger partial charge in [-0.25, -0.2) is 0 Å². The zero-order valence-electron chi connectivity index (χ0n) is 11.0. The lowest BCUT2D eigenvalue weighted by Gasteiger charge is -2.14. The van der Waals surface area contributed by atoms with Crippen molar-refractivity contribution in [2.45, 2.75) is 13.3 Å². The van der Waals surface area contributed by atoms with Crippen molar-refractivity contribution >= 4 is 28.1 Å². The Morgan fingerprint density at radius 1 is 1.32 bits per heavy atom. The van der Waals surface area contributed by atoms with E-state index in [1.807, 2.05) is 30.3 Å². The van der Waals surface area contributed by atoms with Crippen LogP contribution in [-0.2, 0) is 0 Å².